The maximum absolute atomic E-state index is 13.2. The van der Waals surface area contributed by atoms with Gasteiger partial charge in [0.1, 0.15) is 6.10 Å². The summed E-state index contributed by atoms with van der Waals surface area (Å²) in [6.07, 6.45) is 57.5. The molecule has 0 aliphatic heterocycles. The van der Waals surface area contributed by atoms with Crippen LogP contribution in [-0.2, 0) is 14.3 Å². The van der Waals surface area contributed by atoms with E-state index >= 15 is 0 Å². The second-order valence-corrected chi connectivity index (χ2v) is 17.5. The largest absolute Gasteiger partial charge is 0.462 e. The molecular weight excluding hydrogens is 743 g/mol. The van der Waals surface area contributed by atoms with E-state index in [-0.39, 0.29) is 24.9 Å². The Balaban J connectivity index is 4.57. The molecule has 60 heavy (non-hydrogen) atoms. The van der Waals surface area contributed by atoms with Crippen LogP contribution in [0.15, 0.2) is 48.6 Å². The number of esters is 1. The van der Waals surface area contributed by atoms with E-state index in [0.717, 1.165) is 77.0 Å². The predicted octanol–water partition coefficient (Wildman–Crippen LogP) is 15.5. The van der Waals surface area contributed by atoms with Crippen LogP contribution in [0.25, 0.3) is 0 Å². The Morgan fingerprint density at radius 3 is 1.40 bits per heavy atom. The molecule has 1 amide bonds. The summed E-state index contributed by atoms with van der Waals surface area (Å²) in [5.74, 6) is -0.513. The Morgan fingerprint density at radius 1 is 0.500 bits per heavy atom. The van der Waals surface area contributed by atoms with Crippen molar-refractivity contribution >= 4 is 11.9 Å². The van der Waals surface area contributed by atoms with Gasteiger partial charge in [-0.3, -0.25) is 9.59 Å². The van der Waals surface area contributed by atoms with Gasteiger partial charge in [-0.05, 0) is 83.5 Å². The van der Waals surface area contributed by atoms with Gasteiger partial charge in [0.25, 0.3) is 0 Å². The normalized spacial score (nSPS) is 13.6. The predicted molar refractivity (Wildman–Crippen MR) is 259 cm³/mol. The van der Waals surface area contributed by atoms with Crippen LogP contribution >= 0.6 is 0 Å². The number of nitrogens with one attached hydrogen (secondary N) is 1. The molecule has 0 aliphatic rings. The van der Waals surface area contributed by atoms with Crippen molar-refractivity contribution in [1.29, 1.82) is 0 Å². The zero-order valence-corrected chi connectivity index (χ0v) is 39.8. The van der Waals surface area contributed by atoms with Crippen LogP contribution in [0.4, 0.5) is 0 Å². The number of carbonyl (C=O) groups excluding carboxylic acids is 2. The molecule has 0 aromatic rings. The first kappa shape index (κ1) is 57.8. The minimum absolute atomic E-state index is 0.0505. The van der Waals surface area contributed by atoms with Crippen LogP contribution in [0.2, 0.25) is 0 Å². The van der Waals surface area contributed by atoms with E-state index in [0.29, 0.717) is 19.3 Å². The fourth-order valence-electron chi connectivity index (χ4n) is 7.73. The van der Waals surface area contributed by atoms with Gasteiger partial charge in [-0.1, -0.05) is 211 Å². The highest BCUT2D eigenvalue weighted by Gasteiger charge is 2.24. The van der Waals surface area contributed by atoms with Crippen molar-refractivity contribution in [3.05, 3.63) is 48.6 Å². The van der Waals surface area contributed by atoms with Crippen molar-refractivity contribution in [3.8, 4) is 0 Å². The lowest BCUT2D eigenvalue weighted by Gasteiger charge is -2.24. The van der Waals surface area contributed by atoms with Gasteiger partial charge >= 0.3 is 5.97 Å². The fraction of sp³-hybridized carbons (Fsp3) is 0.815. The third-order valence-corrected chi connectivity index (χ3v) is 11.6. The minimum Gasteiger partial charge on any atom is -0.462 e. The molecule has 0 saturated carbocycles. The summed E-state index contributed by atoms with van der Waals surface area (Å²) < 4.78 is 5.91. The molecule has 3 unspecified atom stereocenters. The van der Waals surface area contributed by atoms with E-state index in [1.807, 2.05) is 0 Å². The zero-order chi connectivity index (χ0) is 43.8. The molecule has 3 atom stereocenters. The van der Waals surface area contributed by atoms with Gasteiger partial charge in [-0.2, -0.15) is 0 Å². The molecule has 0 aromatic carbocycles. The van der Waals surface area contributed by atoms with E-state index in [9.17, 15) is 19.8 Å². The number of aliphatic hydroxyl groups excluding tert-OH is 2. The molecule has 0 saturated heterocycles. The molecule has 0 rings (SSSR count). The Bertz CT molecular complexity index is 1040. The summed E-state index contributed by atoms with van der Waals surface area (Å²) in [6.45, 7) is 6.35. The summed E-state index contributed by atoms with van der Waals surface area (Å²) in [6, 6.07) is -0.713. The lowest BCUT2D eigenvalue weighted by Crippen LogP contribution is -2.46. The number of aliphatic hydroxyl groups is 2. The van der Waals surface area contributed by atoms with Crippen LogP contribution in [0, 0.1) is 0 Å². The van der Waals surface area contributed by atoms with Crippen LogP contribution in [0.1, 0.15) is 258 Å². The fourth-order valence-corrected chi connectivity index (χ4v) is 7.73. The van der Waals surface area contributed by atoms with Crippen LogP contribution in [0.5, 0.6) is 0 Å². The topological polar surface area (TPSA) is 95.9 Å². The Morgan fingerprint density at radius 2 is 0.900 bits per heavy atom. The number of amides is 1. The highest BCUT2D eigenvalue weighted by Crippen LogP contribution is 2.17. The third-order valence-electron chi connectivity index (χ3n) is 11.6. The second kappa shape index (κ2) is 47.9. The van der Waals surface area contributed by atoms with Gasteiger partial charge in [-0.25, -0.2) is 0 Å². The van der Waals surface area contributed by atoms with Crippen molar-refractivity contribution in [2.45, 2.75) is 277 Å². The quantitative estimate of drug-likeness (QED) is 0.0322. The van der Waals surface area contributed by atoms with Crippen molar-refractivity contribution in [2.75, 3.05) is 6.61 Å². The summed E-state index contributed by atoms with van der Waals surface area (Å²) in [7, 11) is 0. The molecule has 3 N–H and O–H groups in total. The standard InChI is InChI=1S/C54H99NO5/c1-4-7-10-13-16-19-22-25-26-27-28-29-32-35-38-41-44-47-54(59)60-50(45-42-39-36-33-30-23-20-17-14-11-8-5-2)48-53(58)55-51(49-56)52(57)46-43-40-37-34-31-24-21-18-15-12-9-6-3/h8,11,17,20,25-26,30,33,50-52,56-57H,4-7,9-10,12-16,18-19,21-24,27-29,31-32,34-49H2,1-3H3,(H,55,58)/b11-8+,20-17+,26-25+,33-30+. The number of allylic oxidation sites excluding steroid dienone is 8. The number of rotatable bonds is 46. The average Bonchev–Trinajstić information content (AvgIpc) is 3.24. The molecule has 350 valence electrons. The molecule has 0 heterocycles. The number of carbonyl (C=O) groups is 2. The summed E-state index contributed by atoms with van der Waals surface area (Å²) in [5.41, 5.74) is 0. The monoisotopic (exact) mass is 842 g/mol. The number of hydrogen-bond donors (Lipinski definition) is 3. The van der Waals surface area contributed by atoms with Crippen molar-refractivity contribution in [1.82, 2.24) is 5.32 Å². The smallest absolute Gasteiger partial charge is 0.306 e. The average molecular weight is 842 g/mol. The molecule has 0 aliphatic carbocycles. The SMILES string of the molecule is CC/C=C/C/C=C/C/C=C/CCCCC(CC(=O)NC(CO)C(O)CCCCCCCCCCCCCC)OC(=O)CCCCCCCCC/C=C/CCCCCCCC. The summed E-state index contributed by atoms with van der Waals surface area (Å²) in [4.78, 5) is 26.1. The highest BCUT2D eigenvalue weighted by molar-refractivity contribution is 5.77. The lowest BCUT2D eigenvalue weighted by atomic mass is 10.0. The first-order chi connectivity index (χ1) is 29.5. The Labute approximate surface area is 372 Å². The molecule has 6 nitrogen and oxygen atoms in total. The van der Waals surface area contributed by atoms with Gasteiger partial charge in [-0.15, -0.1) is 0 Å². The first-order valence-electron chi connectivity index (χ1n) is 25.9. The van der Waals surface area contributed by atoms with Gasteiger partial charge < -0.3 is 20.3 Å². The molecule has 0 aromatic heterocycles. The lowest BCUT2D eigenvalue weighted by molar-refractivity contribution is -0.151. The Kier molecular flexibility index (Phi) is 46.1. The summed E-state index contributed by atoms with van der Waals surface area (Å²) >= 11 is 0. The molecule has 0 radical (unpaired) electrons. The number of hydrogen-bond acceptors (Lipinski definition) is 5. The third kappa shape index (κ3) is 42.5. The van der Waals surface area contributed by atoms with E-state index < -0.39 is 18.2 Å². The molecule has 0 bridgehead atoms. The van der Waals surface area contributed by atoms with Crippen LogP contribution in [0.3, 0.4) is 0 Å². The summed E-state index contributed by atoms with van der Waals surface area (Å²) in [5, 5.41) is 23.7. The minimum atomic E-state index is -0.797. The second-order valence-electron chi connectivity index (χ2n) is 17.5. The number of unbranched alkanes of at least 4 members (excludes halogenated alkanes) is 26. The van der Waals surface area contributed by atoms with Gasteiger partial charge in [0.05, 0.1) is 25.2 Å². The maximum atomic E-state index is 13.2. The van der Waals surface area contributed by atoms with E-state index in [4.69, 9.17) is 4.74 Å². The maximum Gasteiger partial charge on any atom is 0.306 e. The molecule has 0 fully saturated rings. The molecular formula is C54H99NO5. The van der Waals surface area contributed by atoms with Gasteiger partial charge in [0.2, 0.25) is 5.91 Å². The van der Waals surface area contributed by atoms with Crippen molar-refractivity contribution < 1.29 is 24.5 Å². The van der Waals surface area contributed by atoms with Crippen molar-refractivity contribution in [3.63, 3.8) is 0 Å². The van der Waals surface area contributed by atoms with E-state index in [1.165, 1.54) is 135 Å². The van der Waals surface area contributed by atoms with Crippen molar-refractivity contribution in [2.24, 2.45) is 0 Å². The zero-order valence-electron chi connectivity index (χ0n) is 39.8. The van der Waals surface area contributed by atoms with Gasteiger partial charge in [0, 0.05) is 6.42 Å². The highest BCUT2D eigenvalue weighted by atomic mass is 16.5. The van der Waals surface area contributed by atoms with E-state index in [1.54, 1.807) is 0 Å². The van der Waals surface area contributed by atoms with Crippen LogP contribution < -0.4 is 5.32 Å². The van der Waals surface area contributed by atoms with E-state index in [2.05, 4.69) is 74.7 Å². The molecule has 6 heteroatoms. The van der Waals surface area contributed by atoms with Gasteiger partial charge in [0.15, 0.2) is 0 Å². The Hall–Kier alpha value is -2.18. The first-order valence-corrected chi connectivity index (χ1v) is 25.9. The molecule has 0 spiro atoms. The number of ether oxygens (including phenoxy) is 1. The van der Waals surface area contributed by atoms with Crippen LogP contribution in [-0.4, -0.2) is 46.9 Å².